The van der Waals surface area contributed by atoms with Gasteiger partial charge in [-0.15, -0.1) is 5.10 Å². The largest absolute Gasteiger partial charge is 0.497 e. The third kappa shape index (κ3) is 3.99. The summed E-state index contributed by atoms with van der Waals surface area (Å²) in [6.07, 6.45) is 0. The monoisotopic (exact) mass is 560 g/mol. The second kappa shape index (κ2) is 9.84. The lowest BCUT2D eigenvalue weighted by molar-refractivity contribution is -0.126. The summed E-state index contributed by atoms with van der Waals surface area (Å²) in [5.41, 5.74) is 2.49. The SMILES string of the molecule is COc1cccc(CNC(=O)CN2C(=O)[C@@]3(Nc4ccccc4-c4nc(-c5cccc(F)c5)nn43)c3ccccc32)c1. The second-order valence-electron chi connectivity index (χ2n) is 10.1. The van der Waals surface area contributed by atoms with Gasteiger partial charge in [-0.2, -0.15) is 0 Å². The van der Waals surface area contributed by atoms with Gasteiger partial charge in [0.05, 0.1) is 12.8 Å². The number of methoxy groups -OCH3 is 1. The van der Waals surface area contributed by atoms with Crippen LogP contribution < -0.4 is 20.3 Å². The van der Waals surface area contributed by atoms with Crippen molar-refractivity contribution in [2.24, 2.45) is 0 Å². The molecule has 1 spiro atoms. The number of hydrogen-bond acceptors (Lipinski definition) is 6. The van der Waals surface area contributed by atoms with E-state index in [1.807, 2.05) is 72.8 Å². The second-order valence-corrected chi connectivity index (χ2v) is 10.1. The quantitative estimate of drug-likeness (QED) is 0.316. The summed E-state index contributed by atoms with van der Waals surface area (Å²) < 4.78 is 21.0. The van der Waals surface area contributed by atoms with Gasteiger partial charge in [-0.05, 0) is 48.0 Å². The van der Waals surface area contributed by atoms with E-state index in [0.717, 1.165) is 11.1 Å². The van der Waals surface area contributed by atoms with Crippen molar-refractivity contribution in [3.8, 4) is 28.5 Å². The van der Waals surface area contributed by atoms with Crippen LogP contribution in [-0.2, 0) is 21.8 Å². The van der Waals surface area contributed by atoms with Crippen LogP contribution in [0.1, 0.15) is 11.1 Å². The van der Waals surface area contributed by atoms with Crippen LogP contribution >= 0.6 is 0 Å². The first-order valence-electron chi connectivity index (χ1n) is 13.4. The molecule has 0 saturated heterocycles. The number of amides is 2. The van der Waals surface area contributed by atoms with E-state index in [0.29, 0.717) is 34.1 Å². The molecule has 2 N–H and O–H groups in total. The normalized spacial score (nSPS) is 16.4. The smallest absolute Gasteiger partial charge is 0.281 e. The average Bonchev–Trinajstić information content (AvgIpc) is 3.57. The highest BCUT2D eigenvalue weighted by molar-refractivity contribution is 6.13. The fraction of sp³-hybridized carbons (Fsp3) is 0.125. The first kappa shape index (κ1) is 25.5. The van der Waals surface area contributed by atoms with E-state index in [1.54, 1.807) is 23.9 Å². The molecule has 0 radical (unpaired) electrons. The number of nitrogens with zero attached hydrogens (tertiary/aromatic N) is 4. The summed E-state index contributed by atoms with van der Waals surface area (Å²) in [7, 11) is 1.59. The maximum absolute atomic E-state index is 14.5. The van der Waals surface area contributed by atoms with Crippen LogP contribution in [0.25, 0.3) is 22.8 Å². The van der Waals surface area contributed by atoms with Gasteiger partial charge < -0.3 is 15.4 Å². The molecule has 0 aliphatic carbocycles. The van der Waals surface area contributed by atoms with Gasteiger partial charge in [-0.3, -0.25) is 14.5 Å². The van der Waals surface area contributed by atoms with Crippen molar-refractivity contribution in [3.05, 3.63) is 114 Å². The molecule has 0 fully saturated rings. The first-order chi connectivity index (χ1) is 20.5. The number of aromatic nitrogens is 3. The lowest BCUT2D eigenvalue weighted by atomic mass is 9.96. The van der Waals surface area contributed by atoms with E-state index >= 15 is 0 Å². The summed E-state index contributed by atoms with van der Waals surface area (Å²) in [5.74, 6) is 0.303. The molecular weight excluding hydrogens is 535 g/mol. The molecule has 2 aliphatic heterocycles. The van der Waals surface area contributed by atoms with Crippen molar-refractivity contribution < 1.29 is 18.7 Å². The standard InChI is InChI=1S/C32H25FN6O3/c1-42-23-11-6-8-20(16-23)18-34-28(40)19-38-27-15-5-3-13-25(27)32(31(38)41)36-26-14-4-2-12-24(26)30-35-29(37-39(30)32)21-9-7-10-22(33)17-21/h2-17,36H,18-19H2,1H3,(H,34,40)/t32-/m1/s1. The minimum absolute atomic E-state index is 0.203. The predicted molar refractivity (Wildman–Crippen MR) is 155 cm³/mol. The number of fused-ring (bicyclic) bond motifs is 6. The summed E-state index contributed by atoms with van der Waals surface area (Å²) in [6.45, 7) is 0.0758. The zero-order valence-electron chi connectivity index (χ0n) is 22.5. The van der Waals surface area contributed by atoms with Crippen molar-refractivity contribution in [3.63, 3.8) is 0 Å². The number of ether oxygens (including phenoxy) is 1. The van der Waals surface area contributed by atoms with Gasteiger partial charge in [0.25, 0.3) is 5.91 Å². The van der Waals surface area contributed by atoms with Gasteiger partial charge in [0.1, 0.15) is 18.1 Å². The molecule has 0 unspecified atom stereocenters. The Morgan fingerprint density at radius 1 is 1.00 bits per heavy atom. The minimum Gasteiger partial charge on any atom is -0.497 e. The van der Waals surface area contributed by atoms with Gasteiger partial charge in [-0.25, -0.2) is 14.1 Å². The molecule has 0 bridgehead atoms. The number of benzene rings is 4. The van der Waals surface area contributed by atoms with Crippen LogP contribution in [0.5, 0.6) is 5.75 Å². The Morgan fingerprint density at radius 2 is 1.81 bits per heavy atom. The molecule has 3 heterocycles. The van der Waals surface area contributed by atoms with Crippen molar-refractivity contribution in [2.75, 3.05) is 23.9 Å². The Labute approximate surface area is 240 Å². The number of anilines is 2. The Bertz CT molecular complexity index is 1870. The molecule has 9 nitrogen and oxygen atoms in total. The topological polar surface area (TPSA) is 101 Å². The molecule has 2 amide bonds. The fourth-order valence-corrected chi connectivity index (χ4v) is 5.61. The molecule has 208 valence electrons. The van der Waals surface area contributed by atoms with E-state index in [9.17, 15) is 14.0 Å². The summed E-state index contributed by atoms with van der Waals surface area (Å²) in [6, 6.07) is 28.3. The summed E-state index contributed by atoms with van der Waals surface area (Å²) >= 11 is 0. The van der Waals surface area contributed by atoms with Crippen LogP contribution in [0, 0.1) is 5.82 Å². The molecule has 0 saturated carbocycles. The number of carbonyl (C=O) groups is 2. The van der Waals surface area contributed by atoms with Crippen LogP contribution in [0.4, 0.5) is 15.8 Å². The maximum atomic E-state index is 14.5. The van der Waals surface area contributed by atoms with E-state index in [-0.39, 0.29) is 30.7 Å². The Morgan fingerprint density at radius 3 is 2.67 bits per heavy atom. The van der Waals surface area contributed by atoms with E-state index < -0.39 is 11.5 Å². The molecule has 2 aliphatic rings. The van der Waals surface area contributed by atoms with Gasteiger partial charge in [0, 0.05) is 28.9 Å². The van der Waals surface area contributed by atoms with Gasteiger partial charge >= 0.3 is 0 Å². The maximum Gasteiger partial charge on any atom is 0.281 e. The highest BCUT2D eigenvalue weighted by Gasteiger charge is 2.57. The zero-order chi connectivity index (χ0) is 28.8. The highest BCUT2D eigenvalue weighted by Crippen LogP contribution is 2.49. The Hall–Kier alpha value is -5.51. The molecular formula is C32H25FN6O3. The molecule has 5 aromatic rings. The van der Waals surface area contributed by atoms with Crippen LogP contribution in [0.2, 0.25) is 0 Å². The Kier molecular flexibility index (Phi) is 5.97. The van der Waals surface area contributed by atoms with Crippen molar-refractivity contribution in [1.82, 2.24) is 20.1 Å². The number of halogens is 1. The lowest BCUT2D eigenvalue weighted by Gasteiger charge is -2.36. The number of para-hydroxylation sites is 2. The van der Waals surface area contributed by atoms with Gasteiger partial charge in [0.15, 0.2) is 11.6 Å². The number of nitrogens with one attached hydrogen (secondary N) is 2. The van der Waals surface area contributed by atoms with Gasteiger partial charge in [-0.1, -0.05) is 54.6 Å². The zero-order valence-corrected chi connectivity index (χ0v) is 22.5. The van der Waals surface area contributed by atoms with E-state index in [4.69, 9.17) is 14.8 Å². The average molecular weight is 561 g/mol. The van der Waals surface area contributed by atoms with Crippen LogP contribution in [0.15, 0.2) is 97.1 Å². The third-order valence-electron chi connectivity index (χ3n) is 7.56. The minimum atomic E-state index is -1.51. The summed E-state index contributed by atoms with van der Waals surface area (Å²) in [4.78, 5) is 34.0. The molecule has 42 heavy (non-hydrogen) atoms. The van der Waals surface area contributed by atoms with Crippen molar-refractivity contribution >= 4 is 23.2 Å². The fourth-order valence-electron chi connectivity index (χ4n) is 5.61. The van der Waals surface area contributed by atoms with Crippen LogP contribution in [-0.4, -0.2) is 40.2 Å². The molecule has 10 heteroatoms. The highest BCUT2D eigenvalue weighted by atomic mass is 19.1. The number of hydrogen-bond donors (Lipinski definition) is 2. The predicted octanol–water partition coefficient (Wildman–Crippen LogP) is 4.55. The van der Waals surface area contributed by atoms with Crippen molar-refractivity contribution in [2.45, 2.75) is 12.2 Å². The number of rotatable bonds is 6. The molecule has 1 aromatic heterocycles. The molecule has 1 atom stereocenters. The first-order valence-corrected chi connectivity index (χ1v) is 13.4. The Balaban J connectivity index is 1.28. The lowest BCUT2D eigenvalue weighted by Crippen LogP contribution is -2.54. The molecule has 7 rings (SSSR count). The number of carbonyl (C=O) groups excluding carboxylic acids is 2. The molecule has 4 aromatic carbocycles. The van der Waals surface area contributed by atoms with Gasteiger partial charge in [0.2, 0.25) is 11.6 Å². The third-order valence-corrected chi connectivity index (χ3v) is 7.56. The van der Waals surface area contributed by atoms with E-state index in [2.05, 4.69) is 10.6 Å². The van der Waals surface area contributed by atoms with Crippen LogP contribution in [0.3, 0.4) is 0 Å². The van der Waals surface area contributed by atoms with E-state index in [1.165, 1.54) is 17.0 Å². The summed E-state index contributed by atoms with van der Waals surface area (Å²) in [5, 5.41) is 11.1. The van der Waals surface area contributed by atoms with Crippen molar-refractivity contribution in [1.29, 1.82) is 0 Å².